The van der Waals surface area contributed by atoms with Crippen molar-refractivity contribution >= 4 is 75.4 Å². The smallest absolute Gasteiger partial charge is 0.00210 e. The van der Waals surface area contributed by atoms with Crippen molar-refractivity contribution in [2.45, 2.75) is 20.8 Å². The fourth-order valence-corrected chi connectivity index (χ4v) is 7.75. The zero-order valence-corrected chi connectivity index (χ0v) is 23.5. The van der Waals surface area contributed by atoms with Crippen molar-refractivity contribution in [1.29, 1.82) is 0 Å². The van der Waals surface area contributed by atoms with Gasteiger partial charge in [0, 0.05) is 0 Å². The first kappa shape index (κ1) is 22.8. The molecule has 0 aliphatic heterocycles. The van der Waals surface area contributed by atoms with Gasteiger partial charge in [0.15, 0.2) is 0 Å². The quantitative estimate of drug-likeness (QED) is 0.149. The highest BCUT2D eigenvalue weighted by atomic mass is 14.2. The minimum absolute atomic E-state index is 1.26. The maximum Gasteiger partial charge on any atom is -0.00210 e. The van der Waals surface area contributed by atoms with Gasteiger partial charge in [0.2, 0.25) is 0 Å². The van der Waals surface area contributed by atoms with Crippen LogP contribution in [0.4, 0.5) is 0 Å². The first-order valence-corrected chi connectivity index (χ1v) is 14.5. The zero-order valence-electron chi connectivity index (χ0n) is 23.5. The van der Waals surface area contributed by atoms with E-state index in [1.807, 2.05) is 0 Å². The number of aryl methyl sites for hydroxylation is 3. The van der Waals surface area contributed by atoms with E-state index in [2.05, 4.69) is 136 Å². The molecule has 0 amide bonds. The van der Waals surface area contributed by atoms with Crippen LogP contribution in [0.1, 0.15) is 16.7 Å². The van der Waals surface area contributed by atoms with E-state index in [9.17, 15) is 0 Å². The molecule has 0 spiro atoms. The number of rotatable bonds is 1. The maximum absolute atomic E-state index is 2.48. The van der Waals surface area contributed by atoms with Gasteiger partial charge in [-0.05, 0) is 143 Å². The lowest BCUT2D eigenvalue weighted by Crippen LogP contribution is -1.94. The van der Waals surface area contributed by atoms with E-state index in [1.54, 1.807) is 0 Å². The van der Waals surface area contributed by atoms with Gasteiger partial charge in [-0.25, -0.2) is 0 Å². The molecule has 0 fully saturated rings. The van der Waals surface area contributed by atoms with Crippen LogP contribution in [-0.2, 0) is 0 Å². The van der Waals surface area contributed by atoms with E-state index >= 15 is 0 Å². The molecule has 0 saturated heterocycles. The second-order valence-electron chi connectivity index (χ2n) is 11.9. The van der Waals surface area contributed by atoms with Crippen LogP contribution >= 0.6 is 0 Å². The molecular weight excluding hydrogens is 492 g/mol. The third-order valence-corrected chi connectivity index (χ3v) is 9.39. The molecule has 41 heavy (non-hydrogen) atoms. The SMILES string of the molecule is Cc1cc(C)c(-c2c3cccc4c5cccc(c5)c5cccc6cc7ccc8ccc2c(cc34)c8c7cc65)c(C)c1. The van der Waals surface area contributed by atoms with Gasteiger partial charge in [-0.15, -0.1) is 0 Å². The van der Waals surface area contributed by atoms with Crippen LogP contribution in [0.5, 0.6) is 0 Å². The van der Waals surface area contributed by atoms with Crippen LogP contribution in [0.25, 0.3) is 86.5 Å². The topological polar surface area (TPSA) is 0 Å². The Morgan fingerprint density at radius 2 is 0.829 bits per heavy atom. The molecule has 9 aromatic carbocycles. The Morgan fingerprint density at radius 1 is 0.317 bits per heavy atom. The summed E-state index contributed by atoms with van der Waals surface area (Å²) in [6.07, 6.45) is 0. The van der Waals surface area contributed by atoms with E-state index < -0.39 is 0 Å². The Hall–Kier alpha value is -4.94. The third kappa shape index (κ3) is 3.11. The van der Waals surface area contributed by atoms with Crippen molar-refractivity contribution in [3.63, 3.8) is 0 Å². The summed E-state index contributed by atoms with van der Waals surface area (Å²) in [6, 6.07) is 44.0. The fraction of sp³-hybridized carbons (Fsp3) is 0.0732. The van der Waals surface area contributed by atoms with Gasteiger partial charge in [0.05, 0.1) is 0 Å². The molecule has 192 valence electrons. The van der Waals surface area contributed by atoms with Gasteiger partial charge in [0.1, 0.15) is 0 Å². The summed E-state index contributed by atoms with van der Waals surface area (Å²) in [5, 5.41) is 18.2. The van der Waals surface area contributed by atoms with Crippen LogP contribution < -0.4 is 0 Å². The van der Waals surface area contributed by atoms with Gasteiger partial charge in [-0.2, -0.15) is 0 Å². The zero-order chi connectivity index (χ0) is 27.4. The van der Waals surface area contributed by atoms with Crippen molar-refractivity contribution in [3.05, 3.63) is 132 Å². The summed E-state index contributed by atoms with van der Waals surface area (Å²) in [5.74, 6) is 0. The lowest BCUT2D eigenvalue weighted by molar-refractivity contribution is 1.33. The Morgan fingerprint density at radius 3 is 1.59 bits per heavy atom. The molecular formula is C41H28. The normalized spacial score (nSPS) is 12.3. The molecule has 0 aliphatic rings. The minimum Gasteiger partial charge on any atom is -0.0610 e. The van der Waals surface area contributed by atoms with E-state index in [-0.39, 0.29) is 0 Å². The van der Waals surface area contributed by atoms with Crippen molar-refractivity contribution in [3.8, 4) is 11.1 Å². The monoisotopic (exact) mass is 520 g/mol. The molecule has 9 rings (SSSR count). The van der Waals surface area contributed by atoms with Crippen LogP contribution in [0.2, 0.25) is 0 Å². The van der Waals surface area contributed by atoms with Crippen molar-refractivity contribution in [1.82, 2.24) is 0 Å². The average Bonchev–Trinajstić information content (AvgIpc) is 2.98. The highest BCUT2D eigenvalue weighted by Crippen LogP contribution is 2.45. The summed E-state index contributed by atoms with van der Waals surface area (Å²) in [6.45, 7) is 6.75. The molecule has 0 radical (unpaired) electrons. The average molecular weight is 521 g/mol. The molecule has 0 aliphatic carbocycles. The van der Waals surface area contributed by atoms with Gasteiger partial charge < -0.3 is 0 Å². The summed E-state index contributed by atoms with van der Waals surface area (Å²) in [4.78, 5) is 0. The fourth-order valence-electron chi connectivity index (χ4n) is 7.75. The Kier molecular flexibility index (Phi) is 4.49. The van der Waals surface area contributed by atoms with E-state index in [0.717, 1.165) is 0 Å². The Labute approximate surface area is 238 Å². The van der Waals surface area contributed by atoms with E-state index in [4.69, 9.17) is 0 Å². The van der Waals surface area contributed by atoms with E-state index in [0.29, 0.717) is 0 Å². The Balaban J connectivity index is 1.67. The molecule has 0 aromatic heterocycles. The number of benzene rings is 8. The molecule has 0 heteroatoms. The molecule has 0 N–H and O–H groups in total. The summed E-state index contributed by atoms with van der Waals surface area (Å²) in [7, 11) is 0. The largest absolute Gasteiger partial charge is 0.0610 e. The molecule has 0 nitrogen and oxygen atoms in total. The molecule has 0 heterocycles. The highest BCUT2D eigenvalue weighted by Gasteiger charge is 2.18. The molecule has 0 atom stereocenters. The second-order valence-corrected chi connectivity index (χ2v) is 11.9. The lowest BCUT2D eigenvalue weighted by Gasteiger charge is -2.20. The number of hydrogen-bond acceptors (Lipinski definition) is 0. The van der Waals surface area contributed by atoms with Crippen molar-refractivity contribution in [2.24, 2.45) is 0 Å². The molecule has 0 saturated carbocycles. The minimum atomic E-state index is 1.26. The molecule has 9 aromatic rings. The van der Waals surface area contributed by atoms with Crippen molar-refractivity contribution in [2.75, 3.05) is 0 Å². The van der Waals surface area contributed by atoms with Crippen molar-refractivity contribution < 1.29 is 0 Å². The van der Waals surface area contributed by atoms with Crippen LogP contribution in [0, 0.1) is 20.8 Å². The molecule has 6 bridgehead atoms. The number of hydrogen-bond donors (Lipinski definition) is 0. The standard InChI is InChI=1S/C41H28/c1-23-17-24(2)39(25(3)18-23)41-33-12-6-11-32-28-8-4-7-27(19-28)31-10-5-9-29-20-30-14-13-26-15-16-34(41)38(22-37(32)33)40(26)36(30)21-35(29)31/h4-22H,1-3H3. The van der Waals surface area contributed by atoms with Gasteiger partial charge in [-0.3, -0.25) is 0 Å². The van der Waals surface area contributed by atoms with Gasteiger partial charge in [-0.1, -0.05) is 96.6 Å². The number of fused-ring (bicyclic) bond motifs is 4. The maximum atomic E-state index is 2.48. The lowest BCUT2D eigenvalue weighted by atomic mass is 9.84. The van der Waals surface area contributed by atoms with Gasteiger partial charge >= 0.3 is 0 Å². The molecule has 0 unspecified atom stereocenters. The van der Waals surface area contributed by atoms with Crippen LogP contribution in [-0.4, -0.2) is 0 Å². The first-order valence-electron chi connectivity index (χ1n) is 14.5. The van der Waals surface area contributed by atoms with E-state index in [1.165, 1.54) is 103 Å². The summed E-state index contributed by atoms with van der Waals surface area (Å²) >= 11 is 0. The second kappa shape index (κ2) is 8.05. The van der Waals surface area contributed by atoms with Crippen LogP contribution in [0.15, 0.2) is 115 Å². The Bertz CT molecular complexity index is 2520. The first-order chi connectivity index (χ1) is 20.0. The van der Waals surface area contributed by atoms with Crippen LogP contribution in [0.3, 0.4) is 0 Å². The third-order valence-electron chi connectivity index (χ3n) is 9.39. The van der Waals surface area contributed by atoms with Gasteiger partial charge in [0.25, 0.3) is 0 Å². The predicted octanol–water partition coefficient (Wildman–Crippen LogP) is 11.8. The summed E-state index contributed by atoms with van der Waals surface area (Å²) < 4.78 is 0. The highest BCUT2D eigenvalue weighted by molar-refractivity contribution is 6.30. The predicted molar refractivity (Wildman–Crippen MR) is 180 cm³/mol. The summed E-state index contributed by atoms with van der Waals surface area (Å²) in [5.41, 5.74) is 6.68.